The number of aryl methyl sites for hydroxylation is 1. The van der Waals surface area contributed by atoms with Gasteiger partial charge in [-0.1, -0.05) is 12.1 Å². The molecule has 0 spiro atoms. The molecule has 0 aliphatic carbocycles. The number of hydrogen-bond donors (Lipinski definition) is 0. The van der Waals surface area contributed by atoms with Gasteiger partial charge in [-0.15, -0.1) is 0 Å². The number of carbonyl (C=O) groups excluding carboxylic acids is 1. The molecule has 1 aromatic carbocycles. The SMILES string of the molecule is Cc1nc2ccccc2n1C1CCN(C(=O)c2ccsc2)C1. The zero-order valence-electron chi connectivity index (χ0n) is 12.4. The Hall–Kier alpha value is -2.14. The lowest BCUT2D eigenvalue weighted by Gasteiger charge is -2.18. The molecule has 1 aliphatic heterocycles. The van der Waals surface area contributed by atoms with Crippen LogP contribution in [0.25, 0.3) is 11.0 Å². The van der Waals surface area contributed by atoms with E-state index in [9.17, 15) is 4.79 Å². The van der Waals surface area contributed by atoms with Crippen molar-refractivity contribution in [2.75, 3.05) is 13.1 Å². The van der Waals surface area contributed by atoms with Crippen molar-refractivity contribution in [3.63, 3.8) is 0 Å². The number of fused-ring (bicyclic) bond motifs is 1. The molecule has 2 aromatic heterocycles. The van der Waals surface area contributed by atoms with Gasteiger partial charge in [0.15, 0.2) is 0 Å². The van der Waals surface area contributed by atoms with E-state index in [0.717, 1.165) is 41.9 Å². The van der Waals surface area contributed by atoms with Gasteiger partial charge in [0, 0.05) is 18.5 Å². The second-order valence-electron chi connectivity index (χ2n) is 5.72. The molecule has 5 heteroatoms. The first-order valence-electron chi connectivity index (χ1n) is 7.49. The summed E-state index contributed by atoms with van der Waals surface area (Å²) in [6.07, 6.45) is 0.983. The fraction of sp³-hybridized carbons (Fsp3) is 0.294. The van der Waals surface area contributed by atoms with Gasteiger partial charge in [-0.2, -0.15) is 11.3 Å². The van der Waals surface area contributed by atoms with Gasteiger partial charge < -0.3 is 9.47 Å². The number of rotatable bonds is 2. The minimum atomic E-state index is 0.144. The standard InChI is InChI=1S/C17H17N3OS/c1-12-18-15-4-2-3-5-16(15)20(12)14-6-8-19(10-14)17(21)13-7-9-22-11-13/h2-5,7,9,11,14H,6,8,10H2,1H3. The summed E-state index contributed by atoms with van der Waals surface area (Å²) in [6, 6.07) is 10.4. The molecule has 0 saturated carbocycles. The Balaban J connectivity index is 1.62. The minimum Gasteiger partial charge on any atom is -0.336 e. The summed E-state index contributed by atoms with van der Waals surface area (Å²) >= 11 is 1.57. The van der Waals surface area contributed by atoms with E-state index in [2.05, 4.69) is 15.6 Å². The molecule has 1 unspecified atom stereocenters. The van der Waals surface area contributed by atoms with Crippen LogP contribution < -0.4 is 0 Å². The smallest absolute Gasteiger partial charge is 0.254 e. The molecule has 4 nitrogen and oxygen atoms in total. The molecule has 4 rings (SSSR count). The third-order valence-electron chi connectivity index (χ3n) is 4.36. The average molecular weight is 311 g/mol. The Morgan fingerprint density at radius 1 is 1.32 bits per heavy atom. The van der Waals surface area contributed by atoms with Gasteiger partial charge in [0.25, 0.3) is 5.91 Å². The molecule has 1 fully saturated rings. The summed E-state index contributed by atoms with van der Waals surface area (Å²) in [5.41, 5.74) is 3.00. The highest BCUT2D eigenvalue weighted by Crippen LogP contribution is 2.28. The van der Waals surface area contributed by atoms with E-state index in [1.807, 2.05) is 46.8 Å². The summed E-state index contributed by atoms with van der Waals surface area (Å²) in [7, 11) is 0. The highest BCUT2D eigenvalue weighted by atomic mass is 32.1. The molecular weight excluding hydrogens is 294 g/mol. The second kappa shape index (κ2) is 5.25. The highest BCUT2D eigenvalue weighted by molar-refractivity contribution is 7.08. The Bertz CT molecular complexity index is 822. The number of carbonyl (C=O) groups is 1. The van der Waals surface area contributed by atoms with Crippen LogP contribution >= 0.6 is 11.3 Å². The van der Waals surface area contributed by atoms with E-state index < -0.39 is 0 Å². The van der Waals surface area contributed by atoms with E-state index in [0.29, 0.717) is 6.04 Å². The molecule has 112 valence electrons. The Labute approximate surface area is 133 Å². The van der Waals surface area contributed by atoms with E-state index in [1.165, 1.54) is 0 Å². The molecular formula is C17H17N3OS. The molecule has 0 radical (unpaired) electrons. The third-order valence-corrected chi connectivity index (χ3v) is 5.04. The number of hydrogen-bond acceptors (Lipinski definition) is 3. The van der Waals surface area contributed by atoms with Crippen LogP contribution in [0, 0.1) is 6.92 Å². The number of thiophene rings is 1. The van der Waals surface area contributed by atoms with Gasteiger partial charge >= 0.3 is 0 Å². The largest absolute Gasteiger partial charge is 0.336 e. The first-order chi connectivity index (χ1) is 10.7. The number of amides is 1. The molecule has 1 aliphatic rings. The van der Waals surface area contributed by atoms with Crippen LogP contribution in [-0.2, 0) is 0 Å². The normalized spacial score (nSPS) is 18.2. The Morgan fingerprint density at radius 3 is 3.00 bits per heavy atom. The van der Waals surface area contributed by atoms with Gasteiger partial charge in [-0.05, 0) is 36.9 Å². The molecule has 0 bridgehead atoms. The van der Waals surface area contributed by atoms with E-state index in [4.69, 9.17) is 0 Å². The molecule has 1 amide bonds. The third kappa shape index (κ3) is 2.13. The number of likely N-dealkylation sites (tertiary alicyclic amines) is 1. The van der Waals surface area contributed by atoms with E-state index in [-0.39, 0.29) is 5.91 Å². The zero-order valence-corrected chi connectivity index (χ0v) is 13.2. The topological polar surface area (TPSA) is 38.1 Å². The Kier molecular flexibility index (Phi) is 3.22. The second-order valence-corrected chi connectivity index (χ2v) is 6.50. The van der Waals surface area contributed by atoms with Crippen LogP contribution in [0.1, 0.15) is 28.6 Å². The van der Waals surface area contributed by atoms with E-state index in [1.54, 1.807) is 11.3 Å². The number of benzene rings is 1. The van der Waals surface area contributed by atoms with Gasteiger partial charge in [-0.25, -0.2) is 4.98 Å². The number of imidazole rings is 1. The lowest BCUT2D eigenvalue weighted by Crippen LogP contribution is -2.28. The molecule has 1 saturated heterocycles. The van der Waals surface area contributed by atoms with Crippen molar-refractivity contribution in [2.24, 2.45) is 0 Å². The molecule has 22 heavy (non-hydrogen) atoms. The van der Waals surface area contributed by atoms with Crippen molar-refractivity contribution in [2.45, 2.75) is 19.4 Å². The first-order valence-corrected chi connectivity index (χ1v) is 8.43. The highest BCUT2D eigenvalue weighted by Gasteiger charge is 2.29. The summed E-state index contributed by atoms with van der Waals surface area (Å²) in [6.45, 7) is 3.62. The fourth-order valence-electron chi connectivity index (χ4n) is 3.33. The average Bonchev–Trinajstić information content (AvgIpc) is 3.25. The van der Waals surface area contributed by atoms with Gasteiger partial charge in [0.05, 0.1) is 22.6 Å². The summed E-state index contributed by atoms with van der Waals surface area (Å²) < 4.78 is 2.29. The number of aromatic nitrogens is 2. The Morgan fingerprint density at radius 2 is 2.18 bits per heavy atom. The predicted molar refractivity (Wildman–Crippen MR) is 88.3 cm³/mol. The maximum Gasteiger partial charge on any atom is 0.254 e. The van der Waals surface area contributed by atoms with Crippen molar-refractivity contribution in [3.05, 3.63) is 52.5 Å². The van der Waals surface area contributed by atoms with Crippen LogP contribution in [0.5, 0.6) is 0 Å². The lowest BCUT2D eigenvalue weighted by molar-refractivity contribution is 0.0788. The predicted octanol–water partition coefficient (Wildman–Crippen LogP) is 3.49. The summed E-state index contributed by atoms with van der Waals surface area (Å²) in [4.78, 5) is 19.1. The zero-order chi connectivity index (χ0) is 15.1. The van der Waals surface area contributed by atoms with Gasteiger partial charge in [-0.3, -0.25) is 4.79 Å². The molecule has 3 heterocycles. The molecule has 1 atom stereocenters. The fourth-order valence-corrected chi connectivity index (χ4v) is 3.96. The van der Waals surface area contributed by atoms with Crippen LogP contribution in [-0.4, -0.2) is 33.4 Å². The van der Waals surface area contributed by atoms with E-state index >= 15 is 0 Å². The van der Waals surface area contributed by atoms with Crippen LogP contribution in [0.2, 0.25) is 0 Å². The monoisotopic (exact) mass is 311 g/mol. The van der Waals surface area contributed by atoms with Gasteiger partial charge in [0.2, 0.25) is 0 Å². The van der Waals surface area contributed by atoms with Crippen molar-refractivity contribution in [1.29, 1.82) is 0 Å². The molecule has 0 N–H and O–H groups in total. The number of para-hydroxylation sites is 2. The van der Waals surface area contributed by atoms with Crippen LogP contribution in [0.3, 0.4) is 0 Å². The number of nitrogens with zero attached hydrogens (tertiary/aromatic N) is 3. The van der Waals surface area contributed by atoms with Crippen molar-refractivity contribution in [1.82, 2.24) is 14.5 Å². The lowest BCUT2D eigenvalue weighted by atomic mass is 10.2. The van der Waals surface area contributed by atoms with Crippen molar-refractivity contribution >= 4 is 28.3 Å². The van der Waals surface area contributed by atoms with Crippen molar-refractivity contribution < 1.29 is 4.79 Å². The van der Waals surface area contributed by atoms with Crippen molar-refractivity contribution in [3.8, 4) is 0 Å². The molecule has 3 aromatic rings. The summed E-state index contributed by atoms with van der Waals surface area (Å²) in [5.74, 6) is 1.17. The maximum absolute atomic E-state index is 12.5. The van der Waals surface area contributed by atoms with Crippen LogP contribution in [0.15, 0.2) is 41.1 Å². The van der Waals surface area contributed by atoms with Crippen LogP contribution in [0.4, 0.5) is 0 Å². The van der Waals surface area contributed by atoms with Gasteiger partial charge in [0.1, 0.15) is 5.82 Å². The quantitative estimate of drug-likeness (QED) is 0.726. The minimum absolute atomic E-state index is 0.144. The summed E-state index contributed by atoms with van der Waals surface area (Å²) in [5, 5.41) is 3.88. The first kappa shape index (κ1) is 13.5. The maximum atomic E-state index is 12.5.